The molecule has 7 amide bonds. The van der Waals surface area contributed by atoms with Gasteiger partial charge in [0.1, 0.15) is 30.2 Å². The zero-order chi connectivity index (χ0) is 44.5. The van der Waals surface area contributed by atoms with Crippen molar-refractivity contribution in [3.05, 3.63) is 137 Å². The van der Waals surface area contributed by atoms with Gasteiger partial charge in [-0.05, 0) is 78.5 Å². The number of hydrogen-bond donors (Lipinski definition) is 7. The van der Waals surface area contributed by atoms with Gasteiger partial charge < -0.3 is 37.6 Å². The third kappa shape index (κ3) is 16.2. The molecule has 13 nitrogen and oxygen atoms in total. The third-order valence-corrected chi connectivity index (χ3v) is 9.92. The van der Waals surface area contributed by atoms with Crippen molar-refractivity contribution in [2.75, 3.05) is 5.32 Å². The predicted octanol–water partition coefficient (Wildman–Crippen LogP) is 5.04. The van der Waals surface area contributed by atoms with Crippen LogP contribution in [0.1, 0.15) is 68.4 Å². The summed E-state index contributed by atoms with van der Waals surface area (Å²) in [5, 5.41) is 16.9. The first-order valence-electron chi connectivity index (χ1n) is 20.8. The van der Waals surface area contributed by atoms with Crippen molar-refractivity contribution in [2.45, 2.75) is 104 Å². The Balaban J connectivity index is 1.56. The second kappa shape index (κ2) is 23.3. The third-order valence-electron chi connectivity index (χ3n) is 9.92. The average Bonchev–Trinajstić information content (AvgIpc) is 3.19. The summed E-state index contributed by atoms with van der Waals surface area (Å²) in [6, 6.07) is 27.1. The van der Waals surface area contributed by atoms with Gasteiger partial charge in [-0.3, -0.25) is 24.0 Å². The Morgan fingerprint density at radius 2 is 0.787 bits per heavy atom. The van der Waals surface area contributed by atoms with E-state index < -0.39 is 65.8 Å². The molecule has 324 valence electrons. The Kier molecular flexibility index (Phi) is 18.0. The number of primary amides is 1. The van der Waals surface area contributed by atoms with Crippen LogP contribution in [0.5, 0.6) is 0 Å². The van der Waals surface area contributed by atoms with E-state index >= 15 is 0 Å². The molecule has 0 aromatic heterocycles. The van der Waals surface area contributed by atoms with Crippen LogP contribution in [0, 0.1) is 25.7 Å². The van der Waals surface area contributed by atoms with E-state index in [1.165, 1.54) is 0 Å². The fourth-order valence-corrected chi connectivity index (χ4v) is 7.06. The number of nitrogens with two attached hydrogens (primary N) is 1. The summed E-state index contributed by atoms with van der Waals surface area (Å²) in [4.78, 5) is 82.2. The van der Waals surface area contributed by atoms with E-state index in [0.717, 1.165) is 27.8 Å². The normalized spacial score (nSPS) is 13.5. The fourth-order valence-electron chi connectivity index (χ4n) is 7.06. The Bertz CT molecular complexity index is 2060. The van der Waals surface area contributed by atoms with Crippen LogP contribution >= 0.6 is 0 Å². The minimum absolute atomic E-state index is 0.0366. The van der Waals surface area contributed by atoms with E-state index in [4.69, 9.17) is 5.73 Å². The quantitative estimate of drug-likeness (QED) is 0.0614. The molecule has 0 spiro atoms. The number of aryl methyl sites for hydroxylation is 2. The summed E-state index contributed by atoms with van der Waals surface area (Å²) in [6.07, 6.45) is 0.838. The molecular weight excluding hydrogens is 771 g/mol. The highest BCUT2D eigenvalue weighted by Crippen LogP contribution is 2.15. The van der Waals surface area contributed by atoms with Crippen LogP contribution in [-0.4, -0.2) is 65.8 Å². The highest BCUT2D eigenvalue weighted by molar-refractivity contribution is 5.97. The van der Waals surface area contributed by atoms with Crippen molar-refractivity contribution in [1.82, 2.24) is 26.6 Å². The molecule has 0 bridgehead atoms. The molecule has 0 heterocycles. The maximum atomic E-state index is 14.3. The van der Waals surface area contributed by atoms with Gasteiger partial charge in [-0.2, -0.15) is 0 Å². The van der Waals surface area contributed by atoms with Gasteiger partial charge in [0.2, 0.25) is 29.5 Å². The lowest BCUT2D eigenvalue weighted by Gasteiger charge is -2.28. The van der Waals surface area contributed by atoms with Gasteiger partial charge in [-0.1, -0.05) is 125 Å². The number of benzene rings is 4. The second-order valence-corrected chi connectivity index (χ2v) is 16.5. The van der Waals surface area contributed by atoms with Crippen LogP contribution in [0.2, 0.25) is 0 Å². The molecule has 0 aliphatic carbocycles. The highest BCUT2D eigenvalue weighted by atomic mass is 16.2. The molecular formula is C48H61N7O6. The summed E-state index contributed by atoms with van der Waals surface area (Å²) in [5.74, 6) is -3.23. The molecule has 4 rings (SSSR count). The Morgan fingerprint density at radius 3 is 1.16 bits per heavy atom. The van der Waals surface area contributed by atoms with E-state index in [1.807, 2.05) is 151 Å². The largest absolute Gasteiger partial charge is 0.368 e. The fraction of sp³-hybridized carbons (Fsp3) is 0.375. The maximum absolute atomic E-state index is 14.3. The molecule has 0 fully saturated rings. The Morgan fingerprint density at radius 1 is 0.459 bits per heavy atom. The van der Waals surface area contributed by atoms with Gasteiger partial charge in [0.05, 0.1) is 0 Å². The molecule has 5 atom stereocenters. The smallest absolute Gasteiger partial charge is 0.319 e. The van der Waals surface area contributed by atoms with Gasteiger partial charge in [0.15, 0.2) is 0 Å². The molecule has 0 unspecified atom stereocenters. The molecule has 0 saturated carbocycles. The zero-order valence-corrected chi connectivity index (χ0v) is 36.0. The first-order valence-corrected chi connectivity index (χ1v) is 20.8. The Hall–Kier alpha value is -6.50. The van der Waals surface area contributed by atoms with Crippen LogP contribution in [0.25, 0.3) is 0 Å². The van der Waals surface area contributed by atoms with Gasteiger partial charge in [-0.25, -0.2) is 4.79 Å². The van der Waals surface area contributed by atoms with Crippen LogP contribution in [0.4, 0.5) is 10.5 Å². The van der Waals surface area contributed by atoms with Crippen LogP contribution in [0.15, 0.2) is 109 Å². The van der Waals surface area contributed by atoms with E-state index in [0.29, 0.717) is 5.69 Å². The highest BCUT2D eigenvalue weighted by Gasteiger charge is 2.33. The van der Waals surface area contributed by atoms with Crippen LogP contribution in [0.3, 0.4) is 0 Å². The number of amides is 7. The standard InChI is InChI=1S/C48H61N7O6/c1-30(2)22-39(44(57)51-38(43(49)56)27-34-16-10-7-11-17-34)52-46(59)41(28-35-18-12-8-13-19-35)54-45(58)40(23-31(3)4)53-47(60)42(29-36-20-14-9-15-21-36)55-48(61)50-37-25-32(5)24-33(6)26-37/h7-21,24-26,30-31,38-42H,22-23,27-29H2,1-6H3,(H2,49,56)(H,51,57)(H,52,59)(H,53,60)(H,54,58)(H2,50,55,61)/t38-,39+,40+,41-,42-/m0/s1. The Labute approximate surface area is 359 Å². The topological polar surface area (TPSA) is 201 Å². The summed E-state index contributed by atoms with van der Waals surface area (Å²) < 4.78 is 0. The lowest BCUT2D eigenvalue weighted by atomic mass is 9.98. The number of anilines is 1. The number of carbonyl (C=O) groups is 6. The molecule has 0 saturated heterocycles. The van der Waals surface area contributed by atoms with E-state index in [-0.39, 0.29) is 43.9 Å². The number of rotatable bonds is 21. The van der Waals surface area contributed by atoms with Gasteiger partial charge in [0, 0.05) is 24.9 Å². The van der Waals surface area contributed by atoms with Gasteiger partial charge in [-0.15, -0.1) is 0 Å². The monoisotopic (exact) mass is 831 g/mol. The van der Waals surface area contributed by atoms with Gasteiger partial charge in [0.25, 0.3) is 0 Å². The summed E-state index contributed by atoms with van der Waals surface area (Å²) in [6.45, 7) is 11.5. The van der Waals surface area contributed by atoms with Crippen molar-refractivity contribution >= 4 is 41.3 Å². The first-order chi connectivity index (χ1) is 29.1. The molecule has 61 heavy (non-hydrogen) atoms. The second-order valence-electron chi connectivity index (χ2n) is 16.5. The zero-order valence-electron chi connectivity index (χ0n) is 36.0. The van der Waals surface area contributed by atoms with E-state index in [1.54, 1.807) is 0 Å². The molecule has 13 heteroatoms. The molecule has 0 aliphatic rings. The first kappa shape index (κ1) is 47.2. The maximum Gasteiger partial charge on any atom is 0.319 e. The number of hydrogen-bond acceptors (Lipinski definition) is 6. The number of urea groups is 1. The van der Waals surface area contributed by atoms with Crippen molar-refractivity contribution in [2.24, 2.45) is 17.6 Å². The number of nitrogens with one attached hydrogen (secondary N) is 6. The van der Waals surface area contributed by atoms with Crippen molar-refractivity contribution in [3.63, 3.8) is 0 Å². The van der Waals surface area contributed by atoms with Crippen LogP contribution in [-0.2, 0) is 43.2 Å². The molecule has 4 aromatic carbocycles. The molecule has 8 N–H and O–H groups in total. The summed E-state index contributed by atoms with van der Waals surface area (Å²) >= 11 is 0. The predicted molar refractivity (Wildman–Crippen MR) is 238 cm³/mol. The summed E-state index contributed by atoms with van der Waals surface area (Å²) in [7, 11) is 0. The van der Waals surface area contributed by atoms with Crippen molar-refractivity contribution in [3.8, 4) is 0 Å². The molecule has 4 aromatic rings. The molecule has 0 aliphatic heterocycles. The van der Waals surface area contributed by atoms with Crippen molar-refractivity contribution in [1.29, 1.82) is 0 Å². The van der Waals surface area contributed by atoms with E-state index in [2.05, 4.69) is 31.9 Å². The van der Waals surface area contributed by atoms with E-state index in [9.17, 15) is 28.8 Å². The lowest BCUT2D eigenvalue weighted by Crippen LogP contribution is -2.60. The van der Waals surface area contributed by atoms with Crippen molar-refractivity contribution < 1.29 is 28.8 Å². The SMILES string of the molecule is Cc1cc(C)cc(NC(=O)N[C@@H](Cc2ccccc2)C(=O)N[C@H](CC(C)C)C(=O)N[C@@H](Cc2ccccc2)C(=O)N[C@H](CC(C)C)C(=O)N[C@@H](Cc2ccccc2)C(N)=O)c1. The average molecular weight is 832 g/mol. The lowest BCUT2D eigenvalue weighted by molar-refractivity contribution is -0.134. The van der Waals surface area contributed by atoms with Crippen LogP contribution < -0.4 is 37.6 Å². The number of carbonyl (C=O) groups excluding carboxylic acids is 6. The van der Waals surface area contributed by atoms with Gasteiger partial charge >= 0.3 is 6.03 Å². The minimum atomic E-state index is -1.16. The minimum Gasteiger partial charge on any atom is -0.368 e. The summed E-state index contributed by atoms with van der Waals surface area (Å²) in [5.41, 5.74) is 10.5. The molecule has 0 radical (unpaired) electrons.